The van der Waals surface area contributed by atoms with Crippen LogP contribution in [0.2, 0.25) is 0 Å². The minimum absolute atomic E-state index is 0.667. The Hall–Kier alpha value is -3.86. The number of para-hydroxylation sites is 2. The molecule has 0 amide bonds. The second kappa shape index (κ2) is 6.95. The van der Waals surface area contributed by atoms with Crippen molar-refractivity contribution in [1.29, 1.82) is 0 Å². The molecule has 5 heteroatoms. The number of ether oxygens (including phenoxy) is 2. The summed E-state index contributed by atoms with van der Waals surface area (Å²) >= 11 is 0. The van der Waals surface area contributed by atoms with Gasteiger partial charge in [0, 0.05) is 10.9 Å². The predicted molar refractivity (Wildman–Crippen MR) is 115 cm³/mol. The summed E-state index contributed by atoms with van der Waals surface area (Å²) in [7, 11) is 3.29. The number of benzene rings is 3. The largest absolute Gasteiger partial charge is 0.493 e. The maximum absolute atomic E-state index is 5.54. The lowest BCUT2D eigenvalue weighted by atomic mass is 10.1. The average molecular weight is 381 g/mol. The Morgan fingerprint density at radius 2 is 1.52 bits per heavy atom. The monoisotopic (exact) mass is 381 g/mol. The molecule has 0 unspecified atom stereocenters. The van der Waals surface area contributed by atoms with E-state index in [-0.39, 0.29) is 0 Å². The van der Waals surface area contributed by atoms with Crippen molar-refractivity contribution in [3.05, 3.63) is 79.1 Å². The minimum Gasteiger partial charge on any atom is -0.493 e. The number of aromatic nitrogens is 3. The van der Waals surface area contributed by atoms with E-state index >= 15 is 0 Å². The van der Waals surface area contributed by atoms with Gasteiger partial charge in [0.05, 0.1) is 30.9 Å². The topological polar surface area (TPSA) is 49.2 Å². The number of hydrogen-bond acceptors (Lipinski definition) is 4. The maximum Gasteiger partial charge on any atom is 0.161 e. The Morgan fingerprint density at radius 1 is 0.793 bits per heavy atom. The van der Waals surface area contributed by atoms with Crippen molar-refractivity contribution < 1.29 is 9.47 Å². The number of rotatable bonds is 4. The van der Waals surface area contributed by atoms with Gasteiger partial charge in [0.25, 0.3) is 0 Å². The highest BCUT2D eigenvalue weighted by atomic mass is 16.5. The molecule has 0 aliphatic heterocycles. The number of hydrogen-bond donors (Lipinski definition) is 0. The van der Waals surface area contributed by atoms with Crippen molar-refractivity contribution in [1.82, 2.24) is 14.5 Å². The molecular formula is C24H19N3O2. The van der Waals surface area contributed by atoms with Crippen molar-refractivity contribution in [2.75, 3.05) is 14.2 Å². The fourth-order valence-corrected chi connectivity index (χ4v) is 3.63. The molecule has 0 N–H and O–H groups in total. The summed E-state index contributed by atoms with van der Waals surface area (Å²) in [6, 6.07) is 24.2. The first kappa shape index (κ1) is 17.3. The molecule has 0 saturated carbocycles. The first-order chi connectivity index (χ1) is 14.3. The van der Waals surface area contributed by atoms with E-state index in [1.807, 2.05) is 65.5 Å². The van der Waals surface area contributed by atoms with E-state index in [0.717, 1.165) is 38.9 Å². The van der Waals surface area contributed by atoms with Crippen molar-refractivity contribution in [3.63, 3.8) is 0 Å². The maximum atomic E-state index is 5.54. The standard InChI is InChI=1S/C24H19N3O2/c1-28-22-13-17-12-20(16-8-4-3-5-9-16)26-24(18(17)14-23(22)29-2)27-15-25-19-10-6-7-11-21(19)27/h3-15H,1-2H3. The smallest absolute Gasteiger partial charge is 0.161 e. The summed E-state index contributed by atoms with van der Waals surface area (Å²) in [5, 5.41) is 1.98. The fraction of sp³-hybridized carbons (Fsp3) is 0.0833. The van der Waals surface area contributed by atoms with Gasteiger partial charge >= 0.3 is 0 Å². The first-order valence-electron chi connectivity index (χ1n) is 9.33. The van der Waals surface area contributed by atoms with Gasteiger partial charge in [-0.1, -0.05) is 42.5 Å². The van der Waals surface area contributed by atoms with Crippen LogP contribution in [0.3, 0.4) is 0 Å². The number of methoxy groups -OCH3 is 2. The van der Waals surface area contributed by atoms with Crippen molar-refractivity contribution in [2.24, 2.45) is 0 Å². The van der Waals surface area contributed by atoms with Crippen LogP contribution in [0.4, 0.5) is 0 Å². The van der Waals surface area contributed by atoms with E-state index in [9.17, 15) is 0 Å². The van der Waals surface area contributed by atoms with Gasteiger partial charge in [0.1, 0.15) is 12.1 Å². The Bertz CT molecular complexity index is 1330. The van der Waals surface area contributed by atoms with E-state index in [1.165, 1.54) is 0 Å². The predicted octanol–water partition coefficient (Wildman–Crippen LogP) is 5.26. The van der Waals surface area contributed by atoms with E-state index in [2.05, 4.69) is 23.2 Å². The molecule has 5 nitrogen and oxygen atoms in total. The van der Waals surface area contributed by atoms with Crippen LogP contribution < -0.4 is 9.47 Å². The molecule has 3 aromatic carbocycles. The second-order valence-corrected chi connectivity index (χ2v) is 6.73. The highest BCUT2D eigenvalue weighted by molar-refractivity contribution is 5.95. The lowest BCUT2D eigenvalue weighted by molar-refractivity contribution is 0.356. The molecule has 2 heterocycles. The molecule has 2 aromatic heterocycles. The van der Waals surface area contributed by atoms with Gasteiger partial charge in [-0.15, -0.1) is 0 Å². The number of fused-ring (bicyclic) bond motifs is 2. The molecule has 0 fully saturated rings. The SMILES string of the molecule is COc1cc2cc(-c3ccccc3)nc(-n3cnc4ccccc43)c2cc1OC. The summed E-state index contributed by atoms with van der Waals surface area (Å²) in [5.41, 5.74) is 3.86. The van der Waals surface area contributed by atoms with Gasteiger partial charge in [0.15, 0.2) is 11.5 Å². The molecule has 0 saturated heterocycles. The molecule has 0 radical (unpaired) electrons. The van der Waals surface area contributed by atoms with Crippen LogP contribution in [0.25, 0.3) is 38.9 Å². The van der Waals surface area contributed by atoms with Gasteiger partial charge in [-0.05, 0) is 35.7 Å². The van der Waals surface area contributed by atoms with Gasteiger partial charge in [-0.3, -0.25) is 4.57 Å². The highest BCUT2D eigenvalue weighted by Crippen LogP contribution is 2.36. The third kappa shape index (κ3) is 2.88. The van der Waals surface area contributed by atoms with E-state index < -0.39 is 0 Å². The Morgan fingerprint density at radius 3 is 2.31 bits per heavy atom. The highest BCUT2D eigenvalue weighted by Gasteiger charge is 2.15. The van der Waals surface area contributed by atoms with Crippen LogP contribution >= 0.6 is 0 Å². The second-order valence-electron chi connectivity index (χ2n) is 6.73. The first-order valence-corrected chi connectivity index (χ1v) is 9.33. The van der Waals surface area contributed by atoms with Crippen LogP contribution in [0.5, 0.6) is 11.5 Å². The Balaban J connectivity index is 1.87. The number of imidazole rings is 1. The van der Waals surface area contributed by atoms with Gasteiger partial charge in [0.2, 0.25) is 0 Å². The van der Waals surface area contributed by atoms with Crippen LogP contribution in [0.15, 0.2) is 79.1 Å². The summed E-state index contributed by atoms with van der Waals surface area (Å²) in [6.07, 6.45) is 1.82. The molecule has 0 atom stereocenters. The van der Waals surface area contributed by atoms with E-state index in [4.69, 9.17) is 14.5 Å². The number of pyridine rings is 1. The van der Waals surface area contributed by atoms with Gasteiger partial charge in [-0.2, -0.15) is 0 Å². The summed E-state index contributed by atoms with van der Waals surface area (Å²) in [5.74, 6) is 2.16. The van der Waals surface area contributed by atoms with Crippen LogP contribution in [0.1, 0.15) is 0 Å². The average Bonchev–Trinajstić information content (AvgIpc) is 3.22. The molecule has 0 aliphatic rings. The van der Waals surface area contributed by atoms with E-state index in [0.29, 0.717) is 11.5 Å². The molecule has 29 heavy (non-hydrogen) atoms. The van der Waals surface area contributed by atoms with Crippen molar-refractivity contribution in [3.8, 4) is 28.6 Å². The summed E-state index contributed by atoms with van der Waals surface area (Å²) in [6.45, 7) is 0. The van der Waals surface area contributed by atoms with Crippen LogP contribution in [0, 0.1) is 0 Å². The van der Waals surface area contributed by atoms with Gasteiger partial charge < -0.3 is 9.47 Å². The molecule has 0 spiro atoms. The Labute approximate surface area is 168 Å². The van der Waals surface area contributed by atoms with Crippen LogP contribution in [-0.2, 0) is 0 Å². The minimum atomic E-state index is 0.667. The third-order valence-electron chi connectivity index (χ3n) is 5.07. The molecule has 0 aliphatic carbocycles. The molecule has 5 aromatic rings. The van der Waals surface area contributed by atoms with Crippen molar-refractivity contribution >= 4 is 21.8 Å². The summed E-state index contributed by atoms with van der Waals surface area (Å²) < 4.78 is 13.1. The lowest BCUT2D eigenvalue weighted by Crippen LogP contribution is -2.00. The quantitative estimate of drug-likeness (QED) is 0.426. The molecule has 142 valence electrons. The zero-order valence-electron chi connectivity index (χ0n) is 16.2. The summed E-state index contributed by atoms with van der Waals surface area (Å²) in [4.78, 5) is 9.57. The Kier molecular flexibility index (Phi) is 4.13. The molecule has 0 bridgehead atoms. The zero-order valence-corrected chi connectivity index (χ0v) is 16.2. The van der Waals surface area contributed by atoms with Crippen LogP contribution in [-0.4, -0.2) is 28.8 Å². The van der Waals surface area contributed by atoms with Crippen molar-refractivity contribution in [2.45, 2.75) is 0 Å². The molecular weight excluding hydrogens is 362 g/mol. The third-order valence-corrected chi connectivity index (χ3v) is 5.07. The molecule has 5 rings (SSSR count). The zero-order chi connectivity index (χ0) is 19.8. The lowest BCUT2D eigenvalue weighted by Gasteiger charge is -2.14. The fourth-order valence-electron chi connectivity index (χ4n) is 3.63. The number of nitrogens with zero attached hydrogens (tertiary/aromatic N) is 3. The van der Waals surface area contributed by atoms with Gasteiger partial charge in [-0.25, -0.2) is 9.97 Å². The van der Waals surface area contributed by atoms with E-state index in [1.54, 1.807) is 14.2 Å². The normalized spacial score (nSPS) is 11.1.